The van der Waals surface area contributed by atoms with Crippen molar-refractivity contribution >= 4 is 34.4 Å². The third-order valence-electron chi connectivity index (χ3n) is 7.32. The van der Waals surface area contributed by atoms with Gasteiger partial charge in [-0.15, -0.1) is 13.2 Å². The fourth-order valence-electron chi connectivity index (χ4n) is 5.44. The highest BCUT2D eigenvalue weighted by Crippen LogP contribution is 2.38. The molecule has 0 bridgehead atoms. The van der Waals surface area contributed by atoms with Crippen LogP contribution < -0.4 is 4.74 Å². The summed E-state index contributed by atoms with van der Waals surface area (Å²) in [5.41, 5.74) is 0.0203. The molecule has 1 aromatic carbocycles. The zero-order valence-corrected chi connectivity index (χ0v) is 24.9. The van der Waals surface area contributed by atoms with Gasteiger partial charge in [-0.1, -0.05) is 6.08 Å². The molecular weight excluding hydrogens is 623 g/mol. The largest absolute Gasteiger partial charge is 0.573 e. The zero-order chi connectivity index (χ0) is 33.6. The Kier molecular flexibility index (Phi) is 8.38. The summed E-state index contributed by atoms with van der Waals surface area (Å²) in [5, 5.41) is 11.5. The summed E-state index contributed by atoms with van der Waals surface area (Å²) in [6, 6.07) is 3.97. The van der Waals surface area contributed by atoms with Crippen molar-refractivity contribution in [2.75, 3.05) is 26.2 Å². The minimum atomic E-state index is -5.07. The van der Waals surface area contributed by atoms with Gasteiger partial charge in [0.25, 0.3) is 17.5 Å². The molecule has 12 nitrogen and oxygen atoms in total. The number of H-pyrrole nitrogens is 1. The van der Waals surface area contributed by atoms with Gasteiger partial charge in [0, 0.05) is 43.7 Å². The molecule has 2 aromatic heterocycles. The standard InChI is InChI=1S/C29H29F5N6O6/c1-27(2,3)46-26(42)39-14-17(13-28(30,31)15-39)23-36-22-19(6-9-35-24(22)37-23)16-7-10-38(11-8-16)25(41)20-5-4-18(45-29(32,33)34)12-21(20)40(43)44/h4-7,9,12,17H,8,10-11,13-15H2,1-3H3,(H,35,36,37). The smallest absolute Gasteiger partial charge is 0.444 e. The maximum absolute atomic E-state index is 14.8. The third-order valence-corrected chi connectivity index (χ3v) is 7.32. The van der Waals surface area contributed by atoms with Gasteiger partial charge in [-0.25, -0.2) is 23.5 Å². The Bertz CT molecular complexity index is 1720. The number of nitro groups is 1. The lowest BCUT2D eigenvalue weighted by Gasteiger charge is -2.37. The first kappa shape index (κ1) is 32.6. The molecule has 2 aliphatic rings. The molecule has 2 aliphatic heterocycles. The molecule has 1 saturated heterocycles. The molecule has 1 N–H and O–H groups in total. The number of imidazole rings is 1. The van der Waals surface area contributed by atoms with Crippen LogP contribution in [0, 0.1) is 10.1 Å². The number of nitro benzene ring substituents is 1. The van der Waals surface area contributed by atoms with E-state index >= 15 is 0 Å². The number of fused-ring (bicyclic) bond motifs is 1. The highest BCUT2D eigenvalue weighted by Gasteiger charge is 2.45. The summed E-state index contributed by atoms with van der Waals surface area (Å²) in [7, 11) is 0. The number of aromatic nitrogens is 3. The van der Waals surface area contributed by atoms with E-state index in [0.717, 1.165) is 22.6 Å². The molecule has 0 radical (unpaired) electrons. The van der Waals surface area contributed by atoms with E-state index in [9.17, 15) is 41.7 Å². The number of nitrogens with zero attached hydrogens (tertiary/aromatic N) is 5. The van der Waals surface area contributed by atoms with Gasteiger partial charge >= 0.3 is 12.5 Å². The Labute approximate surface area is 258 Å². The number of piperidine rings is 1. The van der Waals surface area contributed by atoms with Gasteiger partial charge < -0.3 is 24.3 Å². The number of nitrogens with one attached hydrogen (secondary N) is 1. The Hall–Kier alpha value is -4.83. The maximum atomic E-state index is 14.8. The van der Waals surface area contributed by atoms with E-state index < -0.39 is 70.7 Å². The van der Waals surface area contributed by atoms with E-state index in [1.165, 1.54) is 11.1 Å². The molecule has 0 aliphatic carbocycles. The molecule has 17 heteroatoms. The van der Waals surface area contributed by atoms with Crippen molar-refractivity contribution in [2.45, 2.75) is 57.4 Å². The highest BCUT2D eigenvalue weighted by molar-refractivity contribution is 5.99. The lowest BCUT2D eigenvalue weighted by atomic mass is 9.94. The lowest BCUT2D eigenvalue weighted by Crippen LogP contribution is -2.50. The molecule has 5 rings (SSSR count). The van der Waals surface area contributed by atoms with Crippen molar-refractivity contribution in [3.63, 3.8) is 0 Å². The zero-order valence-electron chi connectivity index (χ0n) is 24.9. The second-order valence-electron chi connectivity index (χ2n) is 12.0. The minimum Gasteiger partial charge on any atom is -0.444 e. The van der Waals surface area contributed by atoms with Gasteiger partial charge in [-0.3, -0.25) is 14.9 Å². The molecule has 1 unspecified atom stereocenters. The average Bonchev–Trinajstić information content (AvgIpc) is 3.39. The molecule has 0 saturated carbocycles. The Morgan fingerprint density at radius 3 is 2.52 bits per heavy atom. The summed E-state index contributed by atoms with van der Waals surface area (Å²) in [5.74, 6) is -5.38. The van der Waals surface area contributed by atoms with Gasteiger partial charge in [-0.2, -0.15) is 0 Å². The van der Waals surface area contributed by atoms with Gasteiger partial charge in [0.05, 0.1) is 17.5 Å². The monoisotopic (exact) mass is 652 g/mol. The Balaban J connectivity index is 1.36. The summed E-state index contributed by atoms with van der Waals surface area (Å²) in [6.45, 7) is 4.24. The van der Waals surface area contributed by atoms with Crippen LogP contribution in [0.25, 0.3) is 16.7 Å². The van der Waals surface area contributed by atoms with E-state index in [2.05, 4.69) is 19.7 Å². The van der Waals surface area contributed by atoms with Crippen LogP contribution in [-0.2, 0) is 4.74 Å². The normalized spacial score (nSPS) is 18.7. The number of alkyl halides is 5. The maximum Gasteiger partial charge on any atom is 0.573 e. The number of halogens is 5. The number of carbonyl (C=O) groups is 2. The van der Waals surface area contributed by atoms with Gasteiger partial charge in [-0.05, 0) is 51.0 Å². The van der Waals surface area contributed by atoms with Gasteiger partial charge in [0.15, 0.2) is 5.65 Å². The number of likely N-dealkylation sites (tertiary alicyclic amines) is 1. The van der Waals surface area contributed by atoms with Crippen LogP contribution in [0.2, 0.25) is 0 Å². The van der Waals surface area contributed by atoms with Crippen molar-refractivity contribution in [1.82, 2.24) is 24.8 Å². The van der Waals surface area contributed by atoms with Crippen LogP contribution in [0.3, 0.4) is 0 Å². The summed E-state index contributed by atoms with van der Waals surface area (Å²) in [4.78, 5) is 50.5. The predicted octanol–water partition coefficient (Wildman–Crippen LogP) is 6.05. The summed E-state index contributed by atoms with van der Waals surface area (Å²) < 4.78 is 76.3. The second kappa shape index (κ2) is 11.8. The van der Waals surface area contributed by atoms with Crippen LogP contribution in [0.4, 0.5) is 32.4 Å². The number of ether oxygens (including phenoxy) is 2. The topological polar surface area (TPSA) is 144 Å². The number of pyridine rings is 1. The van der Waals surface area contributed by atoms with Crippen LogP contribution in [0.1, 0.15) is 61.3 Å². The van der Waals surface area contributed by atoms with Crippen LogP contribution >= 0.6 is 0 Å². The second-order valence-corrected chi connectivity index (χ2v) is 12.0. The first-order valence-corrected chi connectivity index (χ1v) is 14.1. The fraction of sp³-hybridized carbons (Fsp3) is 0.448. The summed E-state index contributed by atoms with van der Waals surface area (Å²) >= 11 is 0. The summed E-state index contributed by atoms with van der Waals surface area (Å²) in [6.07, 6.45) is -2.97. The molecule has 246 valence electrons. The lowest BCUT2D eigenvalue weighted by molar-refractivity contribution is -0.385. The van der Waals surface area contributed by atoms with Crippen LogP contribution in [0.5, 0.6) is 5.75 Å². The number of hydrogen-bond donors (Lipinski definition) is 1. The number of aromatic amines is 1. The molecule has 46 heavy (non-hydrogen) atoms. The predicted molar refractivity (Wildman–Crippen MR) is 152 cm³/mol. The molecule has 2 amide bonds. The molecule has 1 fully saturated rings. The van der Waals surface area contributed by atoms with Crippen LogP contribution in [-0.4, -0.2) is 85.7 Å². The molecular formula is C29H29F5N6O6. The number of hydrogen-bond acceptors (Lipinski definition) is 8. The van der Waals surface area contributed by atoms with Crippen molar-refractivity contribution < 1.29 is 45.9 Å². The number of amides is 2. The van der Waals surface area contributed by atoms with Gasteiger partial charge in [0.1, 0.15) is 28.3 Å². The fourth-order valence-corrected chi connectivity index (χ4v) is 5.44. The first-order valence-electron chi connectivity index (χ1n) is 14.1. The third kappa shape index (κ3) is 7.34. The van der Waals surface area contributed by atoms with E-state index in [1.807, 2.05) is 0 Å². The average molecular weight is 653 g/mol. The number of benzene rings is 1. The number of rotatable bonds is 5. The van der Waals surface area contributed by atoms with E-state index in [4.69, 9.17) is 4.74 Å². The Morgan fingerprint density at radius 1 is 1.15 bits per heavy atom. The SMILES string of the molecule is CC(C)(C)OC(=O)N1CC(c2nc3c(C4=CCN(C(=O)c5ccc(OC(F)(F)F)cc5[N+](=O)[O-])CC4)ccnc3[nH]2)CC(F)(F)C1. The first-order chi connectivity index (χ1) is 21.4. The van der Waals surface area contributed by atoms with Crippen molar-refractivity contribution in [3.8, 4) is 5.75 Å². The molecule has 4 heterocycles. The minimum absolute atomic E-state index is 0.0207. The van der Waals surface area contributed by atoms with E-state index in [1.54, 1.807) is 32.9 Å². The van der Waals surface area contributed by atoms with E-state index in [-0.39, 0.29) is 31.9 Å². The number of carbonyl (C=O) groups excluding carboxylic acids is 2. The molecule has 3 aromatic rings. The van der Waals surface area contributed by atoms with Crippen LogP contribution in [0.15, 0.2) is 36.5 Å². The highest BCUT2D eigenvalue weighted by atomic mass is 19.4. The Morgan fingerprint density at radius 2 is 1.89 bits per heavy atom. The van der Waals surface area contributed by atoms with Crippen molar-refractivity contribution in [1.29, 1.82) is 0 Å². The van der Waals surface area contributed by atoms with E-state index in [0.29, 0.717) is 22.8 Å². The molecule has 1 atom stereocenters. The van der Waals surface area contributed by atoms with Crippen molar-refractivity contribution in [2.24, 2.45) is 0 Å². The molecule has 0 spiro atoms. The van der Waals surface area contributed by atoms with Crippen molar-refractivity contribution in [3.05, 3.63) is 63.6 Å². The quantitative estimate of drug-likeness (QED) is 0.199. The van der Waals surface area contributed by atoms with Gasteiger partial charge in [0.2, 0.25) is 0 Å².